The van der Waals surface area contributed by atoms with Crippen LogP contribution < -0.4 is 5.73 Å². The predicted octanol–water partition coefficient (Wildman–Crippen LogP) is 0.214. The van der Waals surface area contributed by atoms with E-state index in [9.17, 15) is 39.9 Å². The molecular weight excluding hydrogens is 472 g/mol. The van der Waals surface area contributed by atoms with E-state index in [-0.39, 0.29) is 22.6 Å². The Morgan fingerprint density at radius 1 is 1.21 bits per heavy atom. The highest BCUT2D eigenvalue weighted by molar-refractivity contribution is 6.32. The van der Waals surface area contributed by atoms with Gasteiger partial charge in [-0.1, -0.05) is 11.6 Å². The Morgan fingerprint density at radius 2 is 1.82 bits per heavy atom. The summed E-state index contributed by atoms with van der Waals surface area (Å²) >= 11 is 6.28. The Labute approximate surface area is 198 Å². The molecule has 0 spiro atoms. The van der Waals surface area contributed by atoms with E-state index in [0.717, 1.165) is 6.07 Å². The number of phenolic OH excluding ortho intramolecular Hbond substituents is 1. The Balaban J connectivity index is 2.03. The topological polar surface area (TPSA) is 191 Å². The van der Waals surface area contributed by atoms with Crippen LogP contribution in [-0.2, 0) is 24.7 Å². The van der Waals surface area contributed by atoms with Gasteiger partial charge in [0.05, 0.1) is 28.7 Å². The molecular formula is C22H23ClN2O9. The van der Waals surface area contributed by atoms with E-state index < -0.39 is 75.3 Å². The molecule has 4 rings (SSSR count). The lowest BCUT2D eigenvalue weighted by Crippen LogP contribution is -2.60. The Bertz CT molecular complexity index is 1220. The summed E-state index contributed by atoms with van der Waals surface area (Å²) in [6.07, 6.45) is -0.384. The van der Waals surface area contributed by atoms with Crippen LogP contribution >= 0.6 is 11.6 Å². The summed E-state index contributed by atoms with van der Waals surface area (Å²) in [7, 11) is 2.93. The van der Waals surface area contributed by atoms with Crippen molar-refractivity contribution in [2.24, 2.45) is 17.6 Å². The van der Waals surface area contributed by atoms with Gasteiger partial charge in [-0.15, -0.1) is 0 Å². The number of amides is 1. The number of aliphatic hydroxyl groups is 4. The summed E-state index contributed by atoms with van der Waals surface area (Å²) in [5, 5.41) is 55.0. The lowest BCUT2D eigenvalue weighted by Gasteiger charge is -2.45. The number of hydrogen-bond acceptors (Lipinski definition) is 10. The number of carbonyl (C=O) groups is 3. The van der Waals surface area contributed by atoms with Gasteiger partial charge in [0.1, 0.15) is 17.1 Å². The Hall–Kier alpha value is -3.12. The van der Waals surface area contributed by atoms with Gasteiger partial charge in [-0.2, -0.15) is 0 Å². The minimum Gasteiger partial charge on any atom is -0.507 e. The van der Waals surface area contributed by atoms with Crippen LogP contribution in [0.25, 0.3) is 5.76 Å². The van der Waals surface area contributed by atoms with Crippen LogP contribution in [-0.4, -0.2) is 74.0 Å². The highest BCUT2D eigenvalue weighted by Gasteiger charge is 2.63. The predicted molar refractivity (Wildman–Crippen MR) is 116 cm³/mol. The number of aromatic hydroxyl groups is 1. The summed E-state index contributed by atoms with van der Waals surface area (Å²) in [6, 6.07) is 1.15. The SMILES string of the molecule is CN(C)[C@@H]1C(=O)C(C(N)=O)=C(O)C2(O)OC(=O)C3=C(O)c4c(O)ccc(Cl)c4[C@@](C)(O)[C@H]3C[C@@H]12. The van der Waals surface area contributed by atoms with Gasteiger partial charge in [-0.3, -0.25) is 14.5 Å². The molecule has 1 aromatic rings. The molecule has 1 saturated heterocycles. The first-order valence-corrected chi connectivity index (χ1v) is 10.6. The first-order valence-electron chi connectivity index (χ1n) is 10.2. The maximum absolute atomic E-state index is 13.2. The third kappa shape index (κ3) is 2.97. The number of ether oxygens (including phenoxy) is 1. The molecule has 1 unspecified atom stereocenters. The van der Waals surface area contributed by atoms with Gasteiger partial charge in [-0.25, -0.2) is 4.79 Å². The highest BCUT2D eigenvalue weighted by Crippen LogP contribution is 2.56. The summed E-state index contributed by atoms with van der Waals surface area (Å²) in [6.45, 7) is 1.30. The zero-order valence-electron chi connectivity index (χ0n) is 18.4. The molecule has 1 heterocycles. The van der Waals surface area contributed by atoms with Crippen LogP contribution in [0.5, 0.6) is 5.75 Å². The molecule has 11 nitrogen and oxygen atoms in total. The number of nitrogens with zero attached hydrogens (tertiary/aromatic N) is 1. The summed E-state index contributed by atoms with van der Waals surface area (Å²) in [5.41, 5.74) is 1.46. The van der Waals surface area contributed by atoms with Crippen LogP contribution in [0.15, 0.2) is 29.0 Å². The van der Waals surface area contributed by atoms with Crippen molar-refractivity contribution in [2.75, 3.05) is 14.1 Å². The van der Waals surface area contributed by atoms with E-state index in [0.29, 0.717) is 0 Å². The fourth-order valence-electron chi connectivity index (χ4n) is 5.35. The third-order valence-corrected chi connectivity index (χ3v) is 7.21. The van der Waals surface area contributed by atoms with Crippen molar-refractivity contribution in [3.63, 3.8) is 0 Å². The molecule has 5 atom stereocenters. The molecule has 3 aliphatic rings. The van der Waals surface area contributed by atoms with Crippen molar-refractivity contribution in [3.05, 3.63) is 45.2 Å². The number of phenols is 1. The Morgan fingerprint density at radius 3 is 2.38 bits per heavy atom. The number of likely N-dealkylation sites (N-methyl/N-ethyl adjacent to an activating group) is 1. The van der Waals surface area contributed by atoms with Crippen molar-refractivity contribution >= 4 is 35.0 Å². The van der Waals surface area contributed by atoms with Gasteiger partial charge in [0.15, 0.2) is 11.5 Å². The van der Waals surface area contributed by atoms with Crippen LogP contribution in [0, 0.1) is 11.8 Å². The largest absolute Gasteiger partial charge is 0.507 e. The molecule has 7 N–H and O–H groups in total. The van der Waals surface area contributed by atoms with Crippen molar-refractivity contribution in [3.8, 4) is 5.75 Å². The van der Waals surface area contributed by atoms with E-state index in [2.05, 4.69) is 0 Å². The van der Waals surface area contributed by atoms with E-state index in [1.54, 1.807) is 0 Å². The normalized spacial score (nSPS) is 33.2. The van der Waals surface area contributed by atoms with Crippen LogP contribution in [0.4, 0.5) is 0 Å². The minimum absolute atomic E-state index is 0.0149. The number of esters is 1. The fraction of sp³-hybridized carbons (Fsp3) is 0.409. The van der Waals surface area contributed by atoms with Crippen molar-refractivity contribution in [2.45, 2.75) is 30.8 Å². The molecule has 0 saturated carbocycles. The number of halogens is 1. The molecule has 1 aliphatic heterocycles. The number of hydrogen-bond donors (Lipinski definition) is 6. The highest BCUT2D eigenvalue weighted by atomic mass is 35.5. The molecule has 0 radical (unpaired) electrons. The first kappa shape index (κ1) is 24.0. The smallest absolute Gasteiger partial charge is 0.341 e. The lowest BCUT2D eigenvalue weighted by molar-refractivity contribution is -0.231. The fourth-order valence-corrected chi connectivity index (χ4v) is 5.70. The van der Waals surface area contributed by atoms with Crippen molar-refractivity contribution < 1.29 is 44.7 Å². The zero-order valence-corrected chi connectivity index (χ0v) is 19.1. The molecule has 0 aromatic heterocycles. The average Bonchev–Trinajstić information content (AvgIpc) is 2.83. The number of rotatable bonds is 2. The number of ketones is 1. The minimum atomic E-state index is -2.89. The van der Waals surface area contributed by atoms with Gasteiger partial charge in [0, 0.05) is 16.5 Å². The maximum atomic E-state index is 13.2. The second kappa shape index (κ2) is 7.44. The number of Topliss-reactive ketones (excluding diaryl/α,β-unsaturated/α-hetero) is 1. The monoisotopic (exact) mass is 494 g/mol. The zero-order chi connectivity index (χ0) is 25.5. The van der Waals surface area contributed by atoms with Crippen molar-refractivity contribution in [1.82, 2.24) is 4.90 Å². The number of aliphatic hydroxyl groups excluding tert-OH is 2. The van der Waals surface area contributed by atoms with Gasteiger partial charge in [0.2, 0.25) is 0 Å². The molecule has 1 amide bonds. The molecule has 1 fully saturated rings. The van der Waals surface area contributed by atoms with Gasteiger partial charge < -0.3 is 36.0 Å². The van der Waals surface area contributed by atoms with Gasteiger partial charge in [-0.05, 0) is 39.6 Å². The Kier molecular flexibility index (Phi) is 5.26. The maximum Gasteiger partial charge on any atom is 0.341 e. The molecule has 12 heteroatoms. The van der Waals surface area contributed by atoms with Crippen LogP contribution in [0.3, 0.4) is 0 Å². The van der Waals surface area contributed by atoms with Crippen LogP contribution in [0.2, 0.25) is 5.02 Å². The second-order valence-corrected chi connectivity index (χ2v) is 9.47. The van der Waals surface area contributed by atoms with Crippen molar-refractivity contribution in [1.29, 1.82) is 0 Å². The second-order valence-electron chi connectivity index (χ2n) is 9.07. The number of fused-ring (bicyclic) bond motifs is 3. The van der Waals surface area contributed by atoms with Gasteiger partial charge in [0.25, 0.3) is 11.7 Å². The molecule has 34 heavy (non-hydrogen) atoms. The first-order chi connectivity index (χ1) is 15.7. The number of nitrogens with two attached hydrogens (primary N) is 1. The quantitative estimate of drug-likeness (QED) is 0.245. The van der Waals surface area contributed by atoms with E-state index in [1.807, 2.05) is 0 Å². The molecule has 1 aromatic carbocycles. The standard InChI is InChI=1S/C22H23ClN2O9/c1-21(32)7-6-8-15(25(2)3)17(28)13(19(24)30)18(29)22(8,33)34-20(31)11(7)16(27)12-10(26)5-4-9(23)14(12)21/h4-5,7-8,15,26-27,29,32-33H,6H2,1-3H3,(H2,24,30)/t7-,8-,15-,21-,22?/m0/s1. The molecule has 0 bridgehead atoms. The van der Waals surface area contributed by atoms with E-state index >= 15 is 0 Å². The summed E-state index contributed by atoms with van der Waals surface area (Å²) in [4.78, 5) is 39.6. The number of carbonyl (C=O) groups excluding carboxylic acids is 3. The van der Waals surface area contributed by atoms with E-state index in [1.165, 1.54) is 32.0 Å². The lowest BCUT2D eigenvalue weighted by atomic mass is 9.65. The third-order valence-electron chi connectivity index (χ3n) is 6.89. The molecule has 2 aliphatic carbocycles. The van der Waals surface area contributed by atoms with Crippen LogP contribution in [0.1, 0.15) is 24.5 Å². The van der Waals surface area contributed by atoms with Gasteiger partial charge >= 0.3 is 5.97 Å². The number of benzene rings is 1. The molecule has 182 valence electrons. The summed E-state index contributed by atoms with van der Waals surface area (Å²) < 4.78 is 5.22. The summed E-state index contributed by atoms with van der Waals surface area (Å²) in [5.74, 6) is -11.6. The average molecular weight is 495 g/mol. The number of primary amides is 1. The van der Waals surface area contributed by atoms with E-state index in [4.69, 9.17) is 22.1 Å².